The highest BCUT2D eigenvalue weighted by Crippen LogP contribution is 2.27. The number of carbonyl (C=O) groups excluding carboxylic acids is 2. The maximum atomic E-state index is 11.6. The lowest BCUT2D eigenvalue weighted by atomic mass is 10.1. The van der Waals surface area contributed by atoms with E-state index >= 15 is 0 Å². The van der Waals surface area contributed by atoms with E-state index in [1.54, 1.807) is 24.3 Å². The summed E-state index contributed by atoms with van der Waals surface area (Å²) in [5, 5.41) is 6.05. The Balaban J connectivity index is 1.65. The third-order valence-electron chi connectivity index (χ3n) is 3.01. The minimum absolute atomic E-state index is 0.0408. The van der Waals surface area contributed by atoms with E-state index in [1.165, 1.54) is 12.8 Å². The van der Waals surface area contributed by atoms with E-state index in [1.807, 2.05) is 0 Å². The van der Waals surface area contributed by atoms with Crippen molar-refractivity contribution in [3.8, 4) is 0 Å². The summed E-state index contributed by atoms with van der Waals surface area (Å²) in [6.45, 7) is 0.769. The fourth-order valence-electron chi connectivity index (χ4n) is 1.67. The molecule has 2 rings (SSSR count). The molecule has 0 saturated heterocycles. The second-order valence-corrected chi connectivity index (χ2v) is 5.26. The Labute approximate surface area is 117 Å². The molecule has 0 spiro atoms. The van der Waals surface area contributed by atoms with Crippen LogP contribution < -0.4 is 10.6 Å². The summed E-state index contributed by atoms with van der Waals surface area (Å²) >= 11 is 5.76. The van der Waals surface area contributed by atoms with Gasteiger partial charge in [0.2, 0.25) is 11.8 Å². The molecule has 4 nitrogen and oxygen atoms in total. The highest BCUT2D eigenvalue weighted by molar-refractivity contribution is 6.30. The van der Waals surface area contributed by atoms with Crippen LogP contribution in [0.15, 0.2) is 24.3 Å². The zero-order chi connectivity index (χ0) is 13.7. The Morgan fingerprint density at radius 3 is 2.42 bits per heavy atom. The molecule has 1 aliphatic carbocycles. The van der Waals surface area contributed by atoms with Gasteiger partial charge in [0.25, 0.3) is 0 Å². The molecule has 0 bridgehead atoms. The van der Waals surface area contributed by atoms with Crippen LogP contribution in [-0.2, 0) is 16.0 Å². The Hall–Kier alpha value is -1.55. The van der Waals surface area contributed by atoms with E-state index in [0.717, 1.165) is 12.1 Å². The molecule has 0 radical (unpaired) electrons. The predicted octanol–water partition coefficient (Wildman–Crippen LogP) is 1.52. The number of carbonyl (C=O) groups is 2. The van der Waals surface area contributed by atoms with Crippen LogP contribution in [0.25, 0.3) is 0 Å². The molecule has 0 atom stereocenters. The van der Waals surface area contributed by atoms with Crippen LogP contribution in [0.4, 0.5) is 0 Å². The summed E-state index contributed by atoms with van der Waals surface area (Å²) < 4.78 is 0. The van der Waals surface area contributed by atoms with Gasteiger partial charge in [-0.05, 0) is 36.5 Å². The minimum Gasteiger partial charge on any atom is -0.354 e. The lowest BCUT2D eigenvalue weighted by Gasteiger charge is -2.06. The molecule has 1 aliphatic rings. The number of nitrogens with one attached hydrogen (secondary N) is 2. The van der Waals surface area contributed by atoms with E-state index in [4.69, 9.17) is 11.6 Å². The van der Waals surface area contributed by atoms with Crippen molar-refractivity contribution in [3.63, 3.8) is 0 Å². The summed E-state index contributed by atoms with van der Waals surface area (Å²) in [7, 11) is 0. The lowest BCUT2D eigenvalue weighted by Crippen LogP contribution is -2.38. The van der Waals surface area contributed by atoms with Crippen molar-refractivity contribution in [2.45, 2.75) is 19.3 Å². The Bertz CT molecular complexity index is 455. The van der Waals surface area contributed by atoms with Crippen molar-refractivity contribution in [1.29, 1.82) is 0 Å². The monoisotopic (exact) mass is 280 g/mol. The van der Waals surface area contributed by atoms with Crippen molar-refractivity contribution in [2.75, 3.05) is 13.1 Å². The van der Waals surface area contributed by atoms with Gasteiger partial charge in [-0.1, -0.05) is 23.7 Å². The first-order chi connectivity index (χ1) is 9.13. The van der Waals surface area contributed by atoms with Crippen molar-refractivity contribution in [3.05, 3.63) is 34.9 Å². The smallest absolute Gasteiger partial charge is 0.239 e. The first kappa shape index (κ1) is 13.9. The Kier molecular flexibility index (Phi) is 4.80. The van der Waals surface area contributed by atoms with Gasteiger partial charge in [0.05, 0.1) is 13.0 Å². The molecule has 0 heterocycles. The molecule has 1 fully saturated rings. The molecule has 2 amide bonds. The Morgan fingerprint density at radius 1 is 1.11 bits per heavy atom. The van der Waals surface area contributed by atoms with Crippen molar-refractivity contribution in [2.24, 2.45) is 5.92 Å². The van der Waals surface area contributed by atoms with Gasteiger partial charge < -0.3 is 10.6 Å². The van der Waals surface area contributed by atoms with Crippen molar-refractivity contribution in [1.82, 2.24) is 10.6 Å². The van der Waals surface area contributed by atoms with Gasteiger partial charge in [-0.3, -0.25) is 9.59 Å². The van der Waals surface area contributed by atoms with E-state index < -0.39 is 0 Å². The topological polar surface area (TPSA) is 58.2 Å². The average molecular weight is 281 g/mol. The summed E-state index contributed by atoms with van der Waals surface area (Å²) in [5.74, 6) is 0.356. The van der Waals surface area contributed by atoms with Crippen molar-refractivity contribution < 1.29 is 9.59 Å². The summed E-state index contributed by atoms with van der Waals surface area (Å²) in [6.07, 6.45) is 2.65. The third-order valence-corrected chi connectivity index (χ3v) is 3.26. The molecule has 1 aromatic carbocycles. The van der Waals surface area contributed by atoms with Crippen LogP contribution in [0, 0.1) is 5.92 Å². The zero-order valence-electron chi connectivity index (χ0n) is 10.6. The Morgan fingerprint density at radius 2 is 1.79 bits per heavy atom. The zero-order valence-corrected chi connectivity index (χ0v) is 11.4. The first-order valence-electron chi connectivity index (χ1n) is 6.41. The van der Waals surface area contributed by atoms with Crippen LogP contribution in [0.5, 0.6) is 0 Å². The highest BCUT2D eigenvalue weighted by Gasteiger charge is 2.21. The van der Waals surface area contributed by atoms with Crippen LogP contribution in [0.2, 0.25) is 5.02 Å². The highest BCUT2D eigenvalue weighted by atomic mass is 35.5. The fourth-order valence-corrected chi connectivity index (χ4v) is 1.80. The maximum absolute atomic E-state index is 11.6. The predicted molar refractivity (Wildman–Crippen MR) is 73.9 cm³/mol. The van der Waals surface area contributed by atoms with Crippen molar-refractivity contribution >= 4 is 23.4 Å². The largest absolute Gasteiger partial charge is 0.354 e. The van der Waals surface area contributed by atoms with Gasteiger partial charge in [-0.25, -0.2) is 0 Å². The minimum atomic E-state index is -0.163. The quantitative estimate of drug-likeness (QED) is 0.830. The van der Waals surface area contributed by atoms with Crippen LogP contribution in [0.3, 0.4) is 0 Å². The number of amides is 2. The lowest BCUT2D eigenvalue weighted by molar-refractivity contribution is -0.125. The summed E-state index contributed by atoms with van der Waals surface area (Å²) in [4.78, 5) is 23.1. The SMILES string of the molecule is O=C(CNC(=O)Cc1ccc(Cl)cc1)NCC1CC1. The fraction of sp³-hybridized carbons (Fsp3) is 0.429. The number of hydrogen-bond acceptors (Lipinski definition) is 2. The molecule has 5 heteroatoms. The molecule has 19 heavy (non-hydrogen) atoms. The maximum Gasteiger partial charge on any atom is 0.239 e. The second kappa shape index (κ2) is 6.57. The van der Waals surface area contributed by atoms with Gasteiger partial charge in [-0.15, -0.1) is 0 Å². The standard InChI is InChI=1S/C14H17ClN2O2/c15-12-5-3-10(4-6-12)7-13(18)17-9-14(19)16-8-11-1-2-11/h3-6,11H,1-2,7-9H2,(H,16,19)(H,17,18). The molecular formula is C14H17ClN2O2. The van der Waals surface area contributed by atoms with Gasteiger partial charge in [-0.2, -0.15) is 0 Å². The number of benzene rings is 1. The molecule has 0 unspecified atom stereocenters. The molecule has 102 valence electrons. The first-order valence-corrected chi connectivity index (χ1v) is 6.79. The normalized spacial score (nSPS) is 13.9. The van der Waals surface area contributed by atoms with E-state index in [-0.39, 0.29) is 24.8 Å². The number of hydrogen-bond donors (Lipinski definition) is 2. The molecule has 2 N–H and O–H groups in total. The molecule has 0 aliphatic heterocycles. The van der Waals surface area contributed by atoms with Crippen LogP contribution in [-0.4, -0.2) is 24.9 Å². The summed E-state index contributed by atoms with van der Waals surface area (Å²) in [6, 6.07) is 7.09. The van der Waals surface area contributed by atoms with Crippen LogP contribution in [0.1, 0.15) is 18.4 Å². The molecular weight excluding hydrogens is 264 g/mol. The number of rotatable bonds is 6. The van der Waals surface area contributed by atoms with Gasteiger partial charge in [0.1, 0.15) is 0 Å². The van der Waals surface area contributed by atoms with E-state index in [9.17, 15) is 9.59 Å². The number of halogens is 1. The van der Waals surface area contributed by atoms with Crippen LogP contribution >= 0.6 is 11.6 Å². The average Bonchev–Trinajstić information content (AvgIpc) is 3.21. The molecule has 1 saturated carbocycles. The van der Waals surface area contributed by atoms with Gasteiger partial charge in [0, 0.05) is 11.6 Å². The second-order valence-electron chi connectivity index (χ2n) is 4.83. The third kappa shape index (κ3) is 5.30. The van der Waals surface area contributed by atoms with E-state index in [0.29, 0.717) is 10.9 Å². The summed E-state index contributed by atoms with van der Waals surface area (Å²) in [5.41, 5.74) is 0.875. The van der Waals surface area contributed by atoms with E-state index in [2.05, 4.69) is 10.6 Å². The van der Waals surface area contributed by atoms with Gasteiger partial charge >= 0.3 is 0 Å². The van der Waals surface area contributed by atoms with Gasteiger partial charge in [0.15, 0.2) is 0 Å². The molecule has 0 aromatic heterocycles. The molecule has 1 aromatic rings.